The van der Waals surface area contributed by atoms with Gasteiger partial charge >= 0.3 is 5.97 Å². The second kappa shape index (κ2) is 6.91. The summed E-state index contributed by atoms with van der Waals surface area (Å²) < 4.78 is 13.5. The fraction of sp³-hybridized carbons (Fsp3) is 0.357. The van der Waals surface area contributed by atoms with Gasteiger partial charge in [0.1, 0.15) is 5.82 Å². The van der Waals surface area contributed by atoms with E-state index in [0.29, 0.717) is 24.1 Å². The van der Waals surface area contributed by atoms with E-state index in [0.717, 1.165) is 0 Å². The fourth-order valence-corrected chi connectivity index (χ4v) is 1.68. The van der Waals surface area contributed by atoms with Crippen LogP contribution in [0.5, 0.6) is 0 Å². The Hall–Kier alpha value is -1.68. The third-order valence-electron chi connectivity index (χ3n) is 2.80. The topological polar surface area (TPSA) is 49.3 Å². The minimum atomic E-state index is -0.905. The maximum Gasteiger partial charge on any atom is 0.331 e. The number of carboxylic acids is 1. The molecule has 1 aromatic carbocycles. The Morgan fingerprint density at radius 3 is 2.72 bits per heavy atom. The first-order valence-corrected chi connectivity index (χ1v) is 5.96. The Bertz CT molecular complexity index is 443. The average Bonchev–Trinajstić information content (AvgIpc) is 2.34. The zero-order valence-electron chi connectivity index (χ0n) is 10.6. The van der Waals surface area contributed by atoms with Crippen molar-refractivity contribution in [2.75, 3.05) is 6.54 Å². The van der Waals surface area contributed by atoms with Crippen LogP contribution in [0.1, 0.15) is 31.9 Å². The number of nitrogens with one attached hydrogen (secondary N) is 1. The van der Waals surface area contributed by atoms with Gasteiger partial charge in [0.2, 0.25) is 0 Å². The molecule has 0 aliphatic carbocycles. The van der Waals surface area contributed by atoms with Crippen molar-refractivity contribution in [1.29, 1.82) is 0 Å². The average molecular weight is 251 g/mol. The normalized spacial score (nSPS) is 13.4. The van der Waals surface area contributed by atoms with E-state index >= 15 is 0 Å². The van der Waals surface area contributed by atoms with E-state index in [1.807, 2.05) is 6.92 Å². The summed E-state index contributed by atoms with van der Waals surface area (Å²) >= 11 is 0. The van der Waals surface area contributed by atoms with Gasteiger partial charge in [0.05, 0.1) is 0 Å². The number of rotatable bonds is 6. The highest BCUT2D eigenvalue weighted by atomic mass is 19.1. The van der Waals surface area contributed by atoms with Gasteiger partial charge in [0.25, 0.3) is 0 Å². The van der Waals surface area contributed by atoms with Crippen LogP contribution in [0.25, 0.3) is 0 Å². The minimum absolute atomic E-state index is 0.158. The fourth-order valence-electron chi connectivity index (χ4n) is 1.68. The molecule has 0 aliphatic rings. The summed E-state index contributed by atoms with van der Waals surface area (Å²) in [5.74, 6) is -1.16. The van der Waals surface area contributed by atoms with Crippen LogP contribution in [-0.4, -0.2) is 17.6 Å². The zero-order valence-corrected chi connectivity index (χ0v) is 10.6. The number of halogens is 1. The molecule has 0 radical (unpaired) electrons. The Kier molecular flexibility index (Phi) is 5.52. The molecule has 18 heavy (non-hydrogen) atoms. The molecule has 0 bridgehead atoms. The van der Waals surface area contributed by atoms with E-state index in [4.69, 9.17) is 5.11 Å². The third-order valence-corrected chi connectivity index (χ3v) is 2.80. The molecule has 0 saturated heterocycles. The molecule has 1 atom stereocenters. The monoisotopic (exact) mass is 251 g/mol. The quantitative estimate of drug-likeness (QED) is 0.764. The molecule has 0 aromatic heterocycles. The second-order valence-electron chi connectivity index (χ2n) is 4.04. The van der Waals surface area contributed by atoms with Crippen LogP contribution in [0, 0.1) is 5.82 Å². The van der Waals surface area contributed by atoms with Gasteiger partial charge in [0, 0.05) is 23.7 Å². The molecule has 0 fully saturated rings. The van der Waals surface area contributed by atoms with Gasteiger partial charge in [-0.1, -0.05) is 31.2 Å². The number of hydrogen-bond acceptors (Lipinski definition) is 2. The van der Waals surface area contributed by atoms with Crippen molar-refractivity contribution in [1.82, 2.24) is 5.32 Å². The molecule has 98 valence electrons. The van der Waals surface area contributed by atoms with Gasteiger partial charge in [-0.15, -0.1) is 0 Å². The molecule has 1 aromatic rings. The minimum Gasteiger partial charge on any atom is -0.478 e. The first-order chi connectivity index (χ1) is 8.56. The smallest absolute Gasteiger partial charge is 0.331 e. The van der Waals surface area contributed by atoms with Gasteiger partial charge in [0.15, 0.2) is 0 Å². The highest BCUT2D eigenvalue weighted by Crippen LogP contribution is 2.15. The molecule has 1 unspecified atom stereocenters. The first-order valence-electron chi connectivity index (χ1n) is 5.96. The number of aliphatic carboxylic acids is 1. The molecule has 0 amide bonds. The van der Waals surface area contributed by atoms with Gasteiger partial charge < -0.3 is 10.4 Å². The van der Waals surface area contributed by atoms with Crippen molar-refractivity contribution < 1.29 is 14.3 Å². The molecule has 4 heteroatoms. The van der Waals surface area contributed by atoms with Crippen LogP contribution < -0.4 is 5.32 Å². The van der Waals surface area contributed by atoms with Crippen LogP contribution in [-0.2, 0) is 4.79 Å². The van der Waals surface area contributed by atoms with Gasteiger partial charge in [-0.3, -0.25) is 0 Å². The Morgan fingerprint density at radius 1 is 1.50 bits per heavy atom. The second-order valence-corrected chi connectivity index (χ2v) is 4.04. The summed E-state index contributed by atoms with van der Waals surface area (Å²) in [4.78, 5) is 10.8. The molecule has 0 spiro atoms. The van der Waals surface area contributed by atoms with Gasteiger partial charge in [-0.05, 0) is 19.4 Å². The summed E-state index contributed by atoms with van der Waals surface area (Å²) in [6.07, 6.45) is 2.10. The lowest BCUT2D eigenvalue weighted by molar-refractivity contribution is -0.132. The predicted octanol–water partition coefficient (Wildman–Crippen LogP) is 2.90. The highest BCUT2D eigenvalue weighted by molar-refractivity contribution is 5.86. The highest BCUT2D eigenvalue weighted by Gasteiger charge is 2.09. The molecular weight excluding hydrogens is 233 g/mol. The van der Waals surface area contributed by atoms with E-state index < -0.39 is 5.97 Å². The molecule has 0 aliphatic heterocycles. The van der Waals surface area contributed by atoms with E-state index in [1.165, 1.54) is 6.07 Å². The van der Waals surface area contributed by atoms with E-state index in [9.17, 15) is 9.18 Å². The SMILES string of the molecule is CC/C(=C/CNC(C)c1ccccc1F)C(=O)O. The number of benzene rings is 1. The van der Waals surface area contributed by atoms with Crippen molar-refractivity contribution in [3.63, 3.8) is 0 Å². The molecule has 3 nitrogen and oxygen atoms in total. The van der Waals surface area contributed by atoms with Crippen LogP contribution in [0.2, 0.25) is 0 Å². The Morgan fingerprint density at radius 2 is 2.17 bits per heavy atom. The van der Waals surface area contributed by atoms with Gasteiger partial charge in [-0.25, -0.2) is 9.18 Å². The van der Waals surface area contributed by atoms with Crippen molar-refractivity contribution in [2.24, 2.45) is 0 Å². The third kappa shape index (κ3) is 3.96. The summed E-state index contributed by atoms with van der Waals surface area (Å²) in [6.45, 7) is 4.05. The first kappa shape index (κ1) is 14.4. The Balaban J connectivity index is 2.59. The molecular formula is C14H18FNO2. The Labute approximate surface area is 106 Å². The van der Waals surface area contributed by atoms with Crippen LogP contribution in [0.3, 0.4) is 0 Å². The van der Waals surface area contributed by atoms with Gasteiger partial charge in [-0.2, -0.15) is 0 Å². The molecule has 0 heterocycles. The van der Waals surface area contributed by atoms with Crippen LogP contribution in [0.15, 0.2) is 35.9 Å². The molecule has 0 saturated carbocycles. The lowest BCUT2D eigenvalue weighted by Crippen LogP contribution is -2.20. The van der Waals surface area contributed by atoms with E-state index in [2.05, 4.69) is 5.32 Å². The lowest BCUT2D eigenvalue weighted by Gasteiger charge is -2.13. The predicted molar refractivity (Wildman–Crippen MR) is 68.8 cm³/mol. The van der Waals surface area contributed by atoms with Crippen molar-refractivity contribution in [2.45, 2.75) is 26.3 Å². The zero-order chi connectivity index (χ0) is 13.5. The van der Waals surface area contributed by atoms with E-state index in [1.54, 1.807) is 31.2 Å². The number of carbonyl (C=O) groups is 1. The standard InChI is InChI=1S/C14H18FNO2/c1-3-11(14(17)18)8-9-16-10(2)12-6-4-5-7-13(12)15/h4-8,10,16H,3,9H2,1-2H3,(H,17,18)/b11-8-. The summed E-state index contributed by atoms with van der Waals surface area (Å²) in [5, 5.41) is 11.9. The number of hydrogen-bond donors (Lipinski definition) is 2. The van der Waals surface area contributed by atoms with Crippen LogP contribution in [0.4, 0.5) is 4.39 Å². The van der Waals surface area contributed by atoms with Crippen molar-refractivity contribution >= 4 is 5.97 Å². The summed E-state index contributed by atoms with van der Waals surface area (Å²) in [7, 11) is 0. The summed E-state index contributed by atoms with van der Waals surface area (Å²) in [5.41, 5.74) is 0.947. The molecule has 1 rings (SSSR count). The van der Waals surface area contributed by atoms with Crippen molar-refractivity contribution in [3.05, 3.63) is 47.3 Å². The van der Waals surface area contributed by atoms with Crippen LogP contribution >= 0.6 is 0 Å². The largest absolute Gasteiger partial charge is 0.478 e. The number of carboxylic acid groups (broad SMARTS) is 1. The maximum atomic E-state index is 13.5. The van der Waals surface area contributed by atoms with Crippen molar-refractivity contribution in [3.8, 4) is 0 Å². The summed E-state index contributed by atoms with van der Waals surface area (Å²) in [6, 6.07) is 6.40. The van der Waals surface area contributed by atoms with E-state index in [-0.39, 0.29) is 11.9 Å². The molecule has 2 N–H and O–H groups in total. The lowest BCUT2D eigenvalue weighted by atomic mass is 10.1. The maximum absolute atomic E-state index is 13.5.